The van der Waals surface area contributed by atoms with Gasteiger partial charge >= 0.3 is 6.03 Å². The summed E-state index contributed by atoms with van der Waals surface area (Å²) in [5.74, 6) is -0.0892. The Balaban J connectivity index is 1.78. The number of hydrogen-bond acceptors (Lipinski definition) is 2. The monoisotopic (exact) mass is 321 g/mol. The Bertz CT molecular complexity index is 605. The van der Waals surface area contributed by atoms with Gasteiger partial charge in [-0.3, -0.25) is 4.79 Å². The van der Waals surface area contributed by atoms with Crippen molar-refractivity contribution in [3.63, 3.8) is 0 Å². The zero-order valence-electron chi connectivity index (χ0n) is 12.6. The summed E-state index contributed by atoms with van der Waals surface area (Å²) in [6.07, 6.45) is 4.05. The van der Waals surface area contributed by atoms with Crippen molar-refractivity contribution in [1.29, 1.82) is 0 Å². The topological polar surface area (TPSA) is 61.4 Å². The van der Waals surface area contributed by atoms with Gasteiger partial charge in [0.25, 0.3) is 0 Å². The van der Waals surface area contributed by atoms with E-state index in [4.69, 9.17) is 11.6 Å². The Labute approximate surface area is 135 Å². The fourth-order valence-corrected chi connectivity index (χ4v) is 3.50. The Morgan fingerprint density at radius 2 is 2.14 bits per heavy atom. The van der Waals surface area contributed by atoms with Crippen LogP contribution >= 0.6 is 11.6 Å². The molecule has 2 fully saturated rings. The van der Waals surface area contributed by atoms with Crippen LogP contribution < -0.4 is 10.6 Å². The van der Waals surface area contributed by atoms with Gasteiger partial charge in [-0.25, -0.2) is 4.79 Å². The van der Waals surface area contributed by atoms with E-state index >= 15 is 0 Å². The summed E-state index contributed by atoms with van der Waals surface area (Å²) in [6, 6.07) is 5.42. The molecule has 2 N–H and O–H groups in total. The first-order valence-electron chi connectivity index (χ1n) is 7.68. The first-order chi connectivity index (χ1) is 10.6. The molecule has 22 heavy (non-hydrogen) atoms. The number of urea groups is 1. The van der Waals surface area contributed by atoms with Gasteiger partial charge in [-0.2, -0.15) is 0 Å². The average molecular weight is 322 g/mol. The zero-order valence-corrected chi connectivity index (χ0v) is 13.3. The number of carbonyl (C=O) groups is 2. The molecule has 1 aliphatic carbocycles. The average Bonchev–Trinajstić information content (AvgIpc) is 2.51. The number of nitrogens with one attached hydrogen (secondary N) is 2. The molecule has 3 rings (SSSR count). The number of halogens is 1. The molecule has 118 valence electrons. The van der Waals surface area contributed by atoms with E-state index in [0.717, 1.165) is 31.2 Å². The van der Waals surface area contributed by atoms with Crippen LogP contribution in [0.4, 0.5) is 10.5 Å². The summed E-state index contributed by atoms with van der Waals surface area (Å²) in [7, 11) is 0. The highest BCUT2D eigenvalue weighted by atomic mass is 35.5. The molecule has 3 amide bonds. The van der Waals surface area contributed by atoms with Crippen LogP contribution in [0.5, 0.6) is 0 Å². The van der Waals surface area contributed by atoms with Crippen molar-refractivity contribution in [2.24, 2.45) is 0 Å². The van der Waals surface area contributed by atoms with Crippen molar-refractivity contribution in [2.75, 3.05) is 11.9 Å². The Hall–Kier alpha value is -1.75. The fourth-order valence-electron chi connectivity index (χ4n) is 3.33. The van der Waals surface area contributed by atoms with Gasteiger partial charge in [-0.15, -0.1) is 0 Å². The predicted octanol–water partition coefficient (Wildman–Crippen LogP) is 2.92. The largest absolute Gasteiger partial charge is 0.350 e. The van der Waals surface area contributed by atoms with E-state index in [0.29, 0.717) is 10.7 Å². The van der Waals surface area contributed by atoms with Gasteiger partial charge in [0.05, 0.1) is 16.8 Å². The molecule has 2 aliphatic rings. The summed E-state index contributed by atoms with van der Waals surface area (Å²) in [6.45, 7) is 2.00. The second-order valence-electron chi connectivity index (χ2n) is 6.02. The Morgan fingerprint density at radius 3 is 2.95 bits per heavy atom. The van der Waals surface area contributed by atoms with Crippen LogP contribution in [0.25, 0.3) is 0 Å². The molecule has 1 saturated carbocycles. The molecular weight excluding hydrogens is 302 g/mol. The van der Waals surface area contributed by atoms with Gasteiger partial charge in [0.15, 0.2) is 0 Å². The lowest BCUT2D eigenvalue weighted by atomic mass is 9.87. The maximum Gasteiger partial charge on any atom is 0.322 e. The van der Waals surface area contributed by atoms with Gasteiger partial charge in [-0.1, -0.05) is 36.6 Å². The second-order valence-corrected chi connectivity index (χ2v) is 6.40. The molecular formula is C16H20ClN3O2. The number of aryl methyl sites for hydroxylation is 1. The molecule has 0 radical (unpaired) electrons. The summed E-state index contributed by atoms with van der Waals surface area (Å²) in [5.41, 5.74) is 1.50. The summed E-state index contributed by atoms with van der Waals surface area (Å²) in [5, 5.41) is 6.39. The second kappa shape index (κ2) is 6.16. The summed E-state index contributed by atoms with van der Waals surface area (Å²) < 4.78 is 0. The quantitative estimate of drug-likeness (QED) is 0.835. The molecule has 1 heterocycles. The standard InChI is InChI=1S/C16H20ClN3O2/c1-10-5-4-7-12(15(10)17)19-16(22)20-9-14(21)18-11-6-2-3-8-13(11)20/h4-5,7,11,13H,2-3,6,8-9H2,1H3,(H,18,21)(H,19,22)/t11-,13-/m0/s1. The highest BCUT2D eigenvalue weighted by Crippen LogP contribution is 2.28. The SMILES string of the molecule is Cc1cccc(NC(=O)N2CC(=O)N[C@H]3CCCC[C@@H]32)c1Cl. The number of rotatable bonds is 1. The Kier molecular flexibility index (Phi) is 4.25. The van der Waals surface area contributed by atoms with Gasteiger partial charge in [-0.05, 0) is 31.4 Å². The van der Waals surface area contributed by atoms with Crippen molar-refractivity contribution in [3.8, 4) is 0 Å². The predicted molar refractivity (Wildman–Crippen MR) is 86.1 cm³/mol. The third kappa shape index (κ3) is 2.90. The van der Waals surface area contributed by atoms with Crippen molar-refractivity contribution in [2.45, 2.75) is 44.7 Å². The van der Waals surface area contributed by atoms with Gasteiger partial charge < -0.3 is 15.5 Å². The molecule has 0 aromatic heterocycles. The lowest BCUT2D eigenvalue weighted by molar-refractivity contribution is -0.126. The molecule has 0 spiro atoms. The van der Waals surface area contributed by atoms with Crippen molar-refractivity contribution < 1.29 is 9.59 Å². The number of piperazine rings is 1. The van der Waals surface area contributed by atoms with E-state index in [1.54, 1.807) is 11.0 Å². The maximum atomic E-state index is 12.6. The minimum absolute atomic E-state index is 0.0775. The molecule has 1 saturated heterocycles. The van der Waals surface area contributed by atoms with Crippen LogP contribution in [0.1, 0.15) is 31.2 Å². The number of nitrogens with zero attached hydrogens (tertiary/aromatic N) is 1. The minimum Gasteiger partial charge on any atom is -0.350 e. The van der Waals surface area contributed by atoms with Crippen molar-refractivity contribution in [1.82, 2.24) is 10.2 Å². The Morgan fingerprint density at radius 1 is 1.36 bits per heavy atom. The third-order valence-corrected chi connectivity index (χ3v) is 4.99. The lowest BCUT2D eigenvalue weighted by Crippen LogP contribution is -2.63. The van der Waals surface area contributed by atoms with Crippen LogP contribution in [0.15, 0.2) is 18.2 Å². The molecule has 1 aromatic rings. The molecule has 0 bridgehead atoms. The van der Waals surface area contributed by atoms with Crippen LogP contribution in [-0.2, 0) is 4.79 Å². The molecule has 2 atom stereocenters. The van der Waals surface area contributed by atoms with Crippen molar-refractivity contribution >= 4 is 29.2 Å². The summed E-state index contributed by atoms with van der Waals surface area (Å²) in [4.78, 5) is 26.1. The van der Waals surface area contributed by atoms with E-state index < -0.39 is 0 Å². The van der Waals surface area contributed by atoms with Gasteiger partial charge in [0.2, 0.25) is 5.91 Å². The van der Waals surface area contributed by atoms with Crippen LogP contribution in [-0.4, -0.2) is 35.5 Å². The number of carbonyl (C=O) groups excluding carboxylic acids is 2. The maximum absolute atomic E-state index is 12.6. The van der Waals surface area contributed by atoms with E-state index in [2.05, 4.69) is 10.6 Å². The molecule has 1 aromatic carbocycles. The van der Waals surface area contributed by atoms with Crippen LogP contribution in [0.3, 0.4) is 0 Å². The number of fused-ring (bicyclic) bond motifs is 1. The molecule has 5 nitrogen and oxygen atoms in total. The normalized spacial score (nSPS) is 24.5. The number of hydrogen-bond donors (Lipinski definition) is 2. The van der Waals surface area contributed by atoms with Gasteiger partial charge in [0, 0.05) is 6.04 Å². The third-order valence-electron chi connectivity index (χ3n) is 4.48. The highest BCUT2D eigenvalue weighted by molar-refractivity contribution is 6.34. The van der Waals surface area contributed by atoms with E-state index in [1.165, 1.54) is 0 Å². The minimum atomic E-state index is -0.251. The molecule has 6 heteroatoms. The lowest BCUT2D eigenvalue weighted by Gasteiger charge is -2.43. The number of amides is 3. The van der Waals surface area contributed by atoms with E-state index in [9.17, 15) is 9.59 Å². The van der Waals surface area contributed by atoms with Crippen LogP contribution in [0, 0.1) is 6.92 Å². The molecule has 0 unspecified atom stereocenters. The smallest absolute Gasteiger partial charge is 0.322 e. The molecule has 1 aliphatic heterocycles. The summed E-state index contributed by atoms with van der Waals surface area (Å²) >= 11 is 6.23. The highest BCUT2D eigenvalue weighted by Gasteiger charge is 2.38. The van der Waals surface area contributed by atoms with E-state index in [-0.39, 0.29) is 30.6 Å². The zero-order chi connectivity index (χ0) is 15.7. The van der Waals surface area contributed by atoms with Gasteiger partial charge in [0.1, 0.15) is 6.54 Å². The van der Waals surface area contributed by atoms with E-state index in [1.807, 2.05) is 19.1 Å². The van der Waals surface area contributed by atoms with Crippen molar-refractivity contribution in [3.05, 3.63) is 28.8 Å². The fraction of sp³-hybridized carbons (Fsp3) is 0.500. The first kappa shape index (κ1) is 15.2. The van der Waals surface area contributed by atoms with Crippen LogP contribution in [0.2, 0.25) is 5.02 Å². The first-order valence-corrected chi connectivity index (χ1v) is 8.06. The number of benzene rings is 1. The number of anilines is 1.